The zero-order chi connectivity index (χ0) is 15.9. The Kier molecular flexibility index (Phi) is 4.33. The van der Waals surface area contributed by atoms with Crippen LogP contribution in [0.1, 0.15) is 11.3 Å². The van der Waals surface area contributed by atoms with Gasteiger partial charge in [0.25, 0.3) is 5.56 Å². The number of hydrogen-bond acceptors (Lipinski definition) is 2. The molecule has 0 atom stereocenters. The van der Waals surface area contributed by atoms with Crippen LogP contribution < -0.4 is 5.56 Å². The van der Waals surface area contributed by atoms with Crippen LogP contribution in [0.4, 0.5) is 0 Å². The van der Waals surface area contributed by atoms with Gasteiger partial charge in [-0.05, 0) is 29.8 Å². The van der Waals surface area contributed by atoms with Crippen LogP contribution in [0.15, 0.2) is 35.1 Å². The van der Waals surface area contributed by atoms with Gasteiger partial charge in [-0.1, -0.05) is 52.5 Å². The van der Waals surface area contributed by atoms with Crippen LogP contribution >= 0.6 is 46.4 Å². The summed E-state index contributed by atoms with van der Waals surface area (Å²) in [5, 5.41) is 9.43. The van der Waals surface area contributed by atoms with Gasteiger partial charge in [0.05, 0.1) is 21.1 Å². The second kappa shape index (κ2) is 6.09. The Hall–Kier alpha value is -1.26. The number of aromatic nitrogens is 2. The Morgan fingerprint density at radius 3 is 2.27 bits per heavy atom. The second-order valence-corrected chi connectivity index (χ2v) is 6.38. The molecule has 0 aliphatic rings. The second-order valence-electron chi connectivity index (χ2n) is 4.72. The summed E-state index contributed by atoms with van der Waals surface area (Å²) in [7, 11) is 0. The lowest BCUT2D eigenvalue weighted by Crippen LogP contribution is -2.11. The minimum atomic E-state index is -0.320. The van der Waals surface area contributed by atoms with E-state index in [4.69, 9.17) is 46.4 Å². The molecule has 1 aromatic heterocycles. The average molecular weight is 374 g/mol. The Bertz CT molecular complexity index is 937. The largest absolute Gasteiger partial charge is 0.272 e. The average Bonchev–Trinajstić information content (AvgIpc) is 2.47. The van der Waals surface area contributed by atoms with Gasteiger partial charge in [-0.15, -0.1) is 0 Å². The third-order valence-corrected chi connectivity index (χ3v) is 4.59. The molecular formula is C15H8Cl4N2O. The normalized spacial score (nSPS) is 11.1. The molecule has 0 amide bonds. The van der Waals surface area contributed by atoms with Gasteiger partial charge < -0.3 is 0 Å². The Morgan fingerprint density at radius 1 is 0.909 bits per heavy atom. The molecule has 0 aliphatic carbocycles. The van der Waals surface area contributed by atoms with Crippen LogP contribution in [0.3, 0.4) is 0 Å². The molecule has 3 nitrogen and oxygen atoms in total. The summed E-state index contributed by atoms with van der Waals surface area (Å²) in [6, 6.07) is 8.41. The maximum absolute atomic E-state index is 11.9. The van der Waals surface area contributed by atoms with Gasteiger partial charge in [0.2, 0.25) is 0 Å². The maximum atomic E-state index is 11.9. The molecule has 0 radical (unpaired) electrons. The number of nitrogens with zero attached hydrogens (tertiary/aromatic N) is 1. The molecular weight excluding hydrogens is 366 g/mol. The van der Waals surface area contributed by atoms with E-state index in [9.17, 15) is 4.79 Å². The quantitative estimate of drug-likeness (QED) is 0.676. The third kappa shape index (κ3) is 2.95. The Labute approximate surface area is 145 Å². The molecule has 3 rings (SSSR count). The van der Waals surface area contributed by atoms with Crippen molar-refractivity contribution in [2.45, 2.75) is 6.42 Å². The van der Waals surface area contributed by atoms with Gasteiger partial charge in [-0.2, -0.15) is 5.10 Å². The molecule has 22 heavy (non-hydrogen) atoms. The van der Waals surface area contributed by atoms with Crippen molar-refractivity contribution in [1.29, 1.82) is 0 Å². The van der Waals surface area contributed by atoms with Crippen LogP contribution in [0.2, 0.25) is 20.1 Å². The molecule has 7 heteroatoms. The minimum Gasteiger partial charge on any atom is -0.267 e. The van der Waals surface area contributed by atoms with E-state index in [-0.39, 0.29) is 5.56 Å². The molecule has 0 bridgehead atoms. The highest BCUT2D eigenvalue weighted by atomic mass is 35.5. The summed E-state index contributed by atoms with van der Waals surface area (Å²) in [6.07, 6.45) is 0.432. The number of nitrogens with one attached hydrogen (secondary N) is 1. The number of hydrogen-bond donors (Lipinski definition) is 1. The van der Waals surface area contributed by atoms with E-state index in [1.807, 2.05) is 6.07 Å². The molecule has 1 heterocycles. The molecule has 0 spiro atoms. The van der Waals surface area contributed by atoms with Crippen molar-refractivity contribution >= 4 is 57.2 Å². The van der Waals surface area contributed by atoms with Crippen molar-refractivity contribution in [3.05, 3.63) is 72.0 Å². The first-order chi connectivity index (χ1) is 10.5. The molecule has 2 aromatic carbocycles. The standard InChI is InChI=1S/C15H8Cl4N2O/c16-8-2-1-7(11(17)4-8)3-14-9-5-12(18)13(19)6-10(9)15(22)21-20-14/h1-2,4-6H,3H2,(H,21,22). The van der Waals surface area contributed by atoms with Crippen molar-refractivity contribution in [1.82, 2.24) is 10.2 Å². The van der Waals surface area contributed by atoms with Crippen LogP contribution in [-0.4, -0.2) is 10.2 Å². The summed E-state index contributed by atoms with van der Waals surface area (Å²) in [4.78, 5) is 11.9. The van der Waals surface area contributed by atoms with Gasteiger partial charge in [0.1, 0.15) is 0 Å². The van der Waals surface area contributed by atoms with Crippen molar-refractivity contribution in [2.24, 2.45) is 0 Å². The monoisotopic (exact) mass is 372 g/mol. The van der Waals surface area contributed by atoms with E-state index >= 15 is 0 Å². The molecule has 0 aliphatic heterocycles. The molecule has 0 unspecified atom stereocenters. The molecule has 1 N–H and O–H groups in total. The first kappa shape index (κ1) is 15.6. The highest BCUT2D eigenvalue weighted by Crippen LogP contribution is 2.29. The summed E-state index contributed by atoms with van der Waals surface area (Å²) in [6.45, 7) is 0. The lowest BCUT2D eigenvalue weighted by atomic mass is 10.0. The molecule has 0 saturated heterocycles. The van der Waals surface area contributed by atoms with Crippen LogP contribution in [0, 0.1) is 0 Å². The van der Waals surface area contributed by atoms with Crippen molar-refractivity contribution in [3.8, 4) is 0 Å². The molecule has 0 saturated carbocycles. The van der Waals surface area contributed by atoms with Crippen LogP contribution in [0.5, 0.6) is 0 Å². The molecule has 0 fully saturated rings. The third-order valence-electron chi connectivity index (χ3n) is 3.28. The smallest absolute Gasteiger partial charge is 0.267 e. The fraction of sp³-hybridized carbons (Fsp3) is 0.0667. The molecule has 3 aromatic rings. The van der Waals surface area contributed by atoms with Gasteiger partial charge in [-0.3, -0.25) is 4.79 Å². The summed E-state index contributed by atoms with van der Waals surface area (Å²) in [5.74, 6) is 0. The summed E-state index contributed by atoms with van der Waals surface area (Å²) in [5.41, 5.74) is 1.18. The van der Waals surface area contributed by atoms with Crippen molar-refractivity contribution in [3.63, 3.8) is 0 Å². The van der Waals surface area contributed by atoms with Crippen molar-refractivity contribution < 1.29 is 0 Å². The van der Waals surface area contributed by atoms with E-state index in [2.05, 4.69) is 10.2 Å². The van der Waals surface area contributed by atoms with Crippen LogP contribution in [0.25, 0.3) is 10.8 Å². The van der Waals surface area contributed by atoms with E-state index < -0.39 is 0 Å². The zero-order valence-corrected chi connectivity index (χ0v) is 14.0. The predicted octanol–water partition coefficient (Wildman–Crippen LogP) is 5.13. The lowest BCUT2D eigenvalue weighted by molar-refractivity contribution is 0.934. The van der Waals surface area contributed by atoms with Gasteiger partial charge in [0.15, 0.2) is 0 Å². The van der Waals surface area contributed by atoms with Crippen LogP contribution in [-0.2, 0) is 6.42 Å². The highest BCUT2D eigenvalue weighted by molar-refractivity contribution is 6.42. The topological polar surface area (TPSA) is 45.8 Å². The van der Waals surface area contributed by atoms with E-state index in [1.165, 1.54) is 6.07 Å². The van der Waals surface area contributed by atoms with Gasteiger partial charge in [-0.25, -0.2) is 5.10 Å². The number of benzene rings is 2. The number of aromatic amines is 1. The maximum Gasteiger partial charge on any atom is 0.272 e. The Morgan fingerprint density at radius 2 is 1.59 bits per heavy atom. The predicted molar refractivity (Wildman–Crippen MR) is 91.7 cm³/mol. The summed E-state index contributed by atoms with van der Waals surface area (Å²) < 4.78 is 0. The highest BCUT2D eigenvalue weighted by Gasteiger charge is 2.12. The fourth-order valence-electron chi connectivity index (χ4n) is 2.19. The van der Waals surface area contributed by atoms with E-state index in [0.717, 1.165) is 5.56 Å². The SMILES string of the molecule is O=c1[nH]nc(Cc2ccc(Cl)cc2Cl)c2cc(Cl)c(Cl)cc12. The number of fused-ring (bicyclic) bond motifs is 1. The zero-order valence-electron chi connectivity index (χ0n) is 11.0. The fourth-order valence-corrected chi connectivity index (χ4v) is 2.99. The Balaban J connectivity index is 2.17. The molecule has 112 valence electrons. The van der Waals surface area contributed by atoms with E-state index in [0.29, 0.717) is 43.0 Å². The lowest BCUT2D eigenvalue weighted by Gasteiger charge is -2.08. The minimum absolute atomic E-state index is 0.320. The number of rotatable bonds is 2. The van der Waals surface area contributed by atoms with Crippen molar-refractivity contribution in [2.75, 3.05) is 0 Å². The van der Waals surface area contributed by atoms with E-state index in [1.54, 1.807) is 18.2 Å². The summed E-state index contributed by atoms with van der Waals surface area (Å²) >= 11 is 24.1. The number of H-pyrrole nitrogens is 1. The van der Waals surface area contributed by atoms with Gasteiger partial charge in [0, 0.05) is 21.9 Å². The first-order valence-electron chi connectivity index (χ1n) is 6.26. The van der Waals surface area contributed by atoms with Gasteiger partial charge >= 0.3 is 0 Å². The first-order valence-corrected chi connectivity index (χ1v) is 7.77. The number of halogens is 4.